The number of nitro groups is 1. The van der Waals surface area contributed by atoms with Gasteiger partial charge in [0.2, 0.25) is 0 Å². The Morgan fingerprint density at radius 3 is 2.54 bits per heavy atom. The molecule has 0 amide bonds. The van der Waals surface area contributed by atoms with E-state index in [4.69, 9.17) is 4.98 Å². The zero-order valence-corrected chi connectivity index (χ0v) is 16.9. The molecule has 0 radical (unpaired) electrons. The Kier molecular flexibility index (Phi) is 5.77. The van der Waals surface area contributed by atoms with E-state index in [-0.39, 0.29) is 10.6 Å². The summed E-state index contributed by atoms with van der Waals surface area (Å²) in [7, 11) is 0. The van der Waals surface area contributed by atoms with Crippen molar-refractivity contribution in [2.75, 3.05) is 42.6 Å². The first-order valence-electron chi connectivity index (χ1n) is 9.83. The van der Waals surface area contributed by atoms with Gasteiger partial charge in [0.1, 0.15) is 5.82 Å². The summed E-state index contributed by atoms with van der Waals surface area (Å²) in [5.74, 6) is 4.15. The van der Waals surface area contributed by atoms with Crippen LogP contribution in [-0.2, 0) is 6.42 Å². The summed E-state index contributed by atoms with van der Waals surface area (Å²) in [6.07, 6.45) is 2.14. The molecule has 1 atom stereocenters. The van der Waals surface area contributed by atoms with Crippen molar-refractivity contribution in [3.8, 4) is 11.4 Å². The number of benzene rings is 1. The van der Waals surface area contributed by atoms with Gasteiger partial charge < -0.3 is 4.90 Å². The minimum Gasteiger partial charge on any atom is -0.354 e. The second kappa shape index (κ2) is 8.45. The van der Waals surface area contributed by atoms with Gasteiger partial charge in [0, 0.05) is 67.4 Å². The van der Waals surface area contributed by atoms with Gasteiger partial charge in [-0.25, -0.2) is 9.97 Å². The molecular formula is C20H25N5O2S. The first kappa shape index (κ1) is 19.1. The molecule has 28 heavy (non-hydrogen) atoms. The lowest BCUT2D eigenvalue weighted by atomic mass is 10.1. The molecule has 1 aromatic heterocycles. The van der Waals surface area contributed by atoms with E-state index < -0.39 is 0 Å². The lowest BCUT2D eigenvalue weighted by Crippen LogP contribution is -2.50. The van der Waals surface area contributed by atoms with E-state index in [2.05, 4.69) is 39.5 Å². The van der Waals surface area contributed by atoms with Crippen molar-refractivity contribution in [3.63, 3.8) is 0 Å². The van der Waals surface area contributed by atoms with Crippen LogP contribution in [0, 0.1) is 10.1 Å². The molecule has 2 fully saturated rings. The Morgan fingerprint density at radius 2 is 1.93 bits per heavy atom. The van der Waals surface area contributed by atoms with Gasteiger partial charge in [0.15, 0.2) is 5.82 Å². The molecule has 7 nitrogen and oxygen atoms in total. The lowest BCUT2D eigenvalue weighted by molar-refractivity contribution is -0.384. The standard InChI is InChI=1S/C20H25N5O2S/c1-2-16-13-19(24-10-8-23(9-11-24)18-7-12-28-14-18)22-20(21-16)15-3-5-17(6-4-15)25(26)27/h3-6,13,18H,2,7-12,14H2,1H3. The Hall–Kier alpha value is -2.19. The summed E-state index contributed by atoms with van der Waals surface area (Å²) >= 11 is 2.06. The van der Waals surface area contributed by atoms with Gasteiger partial charge in [-0.05, 0) is 30.7 Å². The number of nitro benzene ring substituents is 1. The second-order valence-electron chi connectivity index (χ2n) is 7.24. The zero-order chi connectivity index (χ0) is 19.5. The Morgan fingerprint density at radius 1 is 1.18 bits per heavy atom. The number of hydrogen-bond donors (Lipinski definition) is 0. The summed E-state index contributed by atoms with van der Waals surface area (Å²) in [4.78, 5) is 24.9. The van der Waals surface area contributed by atoms with E-state index in [9.17, 15) is 10.1 Å². The van der Waals surface area contributed by atoms with Gasteiger partial charge in [-0.15, -0.1) is 0 Å². The van der Waals surface area contributed by atoms with Crippen LogP contribution in [0.15, 0.2) is 30.3 Å². The molecule has 0 saturated carbocycles. The van der Waals surface area contributed by atoms with Crippen LogP contribution in [-0.4, -0.2) is 63.5 Å². The summed E-state index contributed by atoms with van der Waals surface area (Å²) in [6, 6.07) is 9.29. The number of thioether (sulfide) groups is 1. The Bertz CT molecular complexity index is 831. The number of piperazine rings is 1. The average molecular weight is 400 g/mol. The SMILES string of the molecule is CCc1cc(N2CCN(C3CCSC3)CC2)nc(-c2ccc([N+](=O)[O-])cc2)n1. The number of anilines is 1. The van der Waals surface area contributed by atoms with Crippen molar-refractivity contribution in [2.45, 2.75) is 25.8 Å². The minimum atomic E-state index is -0.388. The number of nitrogens with zero attached hydrogens (tertiary/aromatic N) is 5. The van der Waals surface area contributed by atoms with E-state index >= 15 is 0 Å². The Balaban J connectivity index is 1.53. The molecule has 4 rings (SSSR count). The molecule has 2 aliphatic rings. The number of aryl methyl sites for hydroxylation is 1. The fourth-order valence-corrected chi connectivity index (χ4v) is 5.07. The van der Waals surface area contributed by atoms with Crippen molar-refractivity contribution in [1.29, 1.82) is 0 Å². The van der Waals surface area contributed by atoms with E-state index in [1.807, 2.05) is 0 Å². The van der Waals surface area contributed by atoms with Gasteiger partial charge in [0.25, 0.3) is 5.69 Å². The third-order valence-electron chi connectivity index (χ3n) is 5.52. The lowest BCUT2D eigenvalue weighted by Gasteiger charge is -2.38. The number of non-ortho nitro benzene ring substituents is 1. The predicted octanol–water partition coefficient (Wildman–Crippen LogP) is 3.24. The molecule has 1 unspecified atom stereocenters. The van der Waals surface area contributed by atoms with Gasteiger partial charge in [-0.1, -0.05) is 6.92 Å². The highest BCUT2D eigenvalue weighted by atomic mass is 32.2. The maximum atomic E-state index is 10.9. The van der Waals surface area contributed by atoms with Crippen molar-refractivity contribution in [3.05, 3.63) is 46.1 Å². The molecule has 1 aromatic carbocycles. The Labute approximate surface area is 169 Å². The van der Waals surface area contributed by atoms with E-state index in [0.29, 0.717) is 5.82 Å². The van der Waals surface area contributed by atoms with E-state index in [0.717, 1.165) is 55.7 Å². The average Bonchev–Trinajstić information content (AvgIpc) is 3.28. The summed E-state index contributed by atoms with van der Waals surface area (Å²) < 4.78 is 0. The van der Waals surface area contributed by atoms with Gasteiger partial charge in [0.05, 0.1) is 4.92 Å². The van der Waals surface area contributed by atoms with Crippen molar-refractivity contribution in [1.82, 2.24) is 14.9 Å². The van der Waals surface area contributed by atoms with Crippen molar-refractivity contribution < 1.29 is 4.92 Å². The van der Waals surface area contributed by atoms with Crippen LogP contribution in [0.2, 0.25) is 0 Å². The smallest absolute Gasteiger partial charge is 0.269 e. The molecule has 0 spiro atoms. The van der Waals surface area contributed by atoms with E-state index in [1.165, 1.54) is 30.1 Å². The summed E-state index contributed by atoms with van der Waals surface area (Å²) in [5.41, 5.74) is 1.88. The minimum absolute atomic E-state index is 0.0804. The van der Waals surface area contributed by atoms with Crippen LogP contribution >= 0.6 is 11.8 Å². The fraction of sp³-hybridized carbons (Fsp3) is 0.500. The maximum Gasteiger partial charge on any atom is 0.269 e. The third kappa shape index (κ3) is 4.12. The highest BCUT2D eigenvalue weighted by Gasteiger charge is 2.27. The first-order valence-corrected chi connectivity index (χ1v) is 11.0. The van der Waals surface area contributed by atoms with Gasteiger partial charge in [-0.3, -0.25) is 15.0 Å². The van der Waals surface area contributed by atoms with Gasteiger partial charge in [-0.2, -0.15) is 11.8 Å². The molecule has 148 valence electrons. The molecular weight excluding hydrogens is 374 g/mol. The molecule has 2 aliphatic heterocycles. The third-order valence-corrected chi connectivity index (χ3v) is 6.67. The highest BCUT2D eigenvalue weighted by molar-refractivity contribution is 7.99. The molecule has 0 bridgehead atoms. The number of aromatic nitrogens is 2. The number of hydrogen-bond acceptors (Lipinski definition) is 7. The van der Waals surface area contributed by atoms with Crippen molar-refractivity contribution >= 4 is 23.3 Å². The van der Waals surface area contributed by atoms with Crippen molar-refractivity contribution in [2.24, 2.45) is 0 Å². The monoisotopic (exact) mass is 399 g/mol. The molecule has 2 saturated heterocycles. The van der Waals surface area contributed by atoms with Crippen LogP contribution in [0.3, 0.4) is 0 Å². The first-order chi connectivity index (χ1) is 13.6. The van der Waals surface area contributed by atoms with Crippen LogP contribution < -0.4 is 4.90 Å². The zero-order valence-electron chi connectivity index (χ0n) is 16.1. The van der Waals surface area contributed by atoms with Crippen LogP contribution in [0.25, 0.3) is 11.4 Å². The fourth-order valence-electron chi connectivity index (χ4n) is 3.81. The van der Waals surface area contributed by atoms with Crippen LogP contribution in [0.4, 0.5) is 11.5 Å². The van der Waals surface area contributed by atoms with Gasteiger partial charge >= 0.3 is 0 Å². The second-order valence-corrected chi connectivity index (χ2v) is 8.39. The largest absolute Gasteiger partial charge is 0.354 e. The topological polar surface area (TPSA) is 75.4 Å². The van der Waals surface area contributed by atoms with Crippen LogP contribution in [0.1, 0.15) is 19.0 Å². The predicted molar refractivity (Wildman–Crippen MR) is 113 cm³/mol. The molecule has 2 aromatic rings. The molecule has 8 heteroatoms. The molecule has 0 aliphatic carbocycles. The molecule has 0 N–H and O–H groups in total. The normalized spacial score (nSPS) is 20.5. The highest BCUT2D eigenvalue weighted by Crippen LogP contribution is 2.26. The quantitative estimate of drug-likeness (QED) is 0.564. The number of rotatable bonds is 5. The summed E-state index contributed by atoms with van der Waals surface area (Å²) in [5, 5.41) is 10.9. The van der Waals surface area contributed by atoms with Crippen LogP contribution in [0.5, 0.6) is 0 Å². The maximum absolute atomic E-state index is 10.9. The van der Waals surface area contributed by atoms with E-state index in [1.54, 1.807) is 12.1 Å². The molecule has 3 heterocycles. The summed E-state index contributed by atoms with van der Waals surface area (Å²) in [6.45, 7) is 6.18.